The van der Waals surface area contributed by atoms with Gasteiger partial charge in [-0.2, -0.15) is 0 Å². The lowest BCUT2D eigenvalue weighted by atomic mass is 10.5. The van der Waals surface area contributed by atoms with Crippen LogP contribution in [0.5, 0.6) is 0 Å². The molecule has 0 aromatic carbocycles. The quantitative estimate of drug-likeness (QED) is 0.400. The van der Waals surface area contributed by atoms with E-state index >= 15 is 0 Å². The van der Waals surface area contributed by atoms with Crippen LogP contribution in [-0.2, 0) is 0 Å². The standard InChI is InChI=1S/C4H11NO2Si/c6-4(7)5-2-1-3-8/h5H,1-3H2,8H3,(H,6,7). The molecular weight excluding hydrogens is 122 g/mol. The lowest BCUT2D eigenvalue weighted by Gasteiger charge is -1.94. The monoisotopic (exact) mass is 133 g/mol. The van der Waals surface area contributed by atoms with Gasteiger partial charge in [0.2, 0.25) is 0 Å². The van der Waals surface area contributed by atoms with E-state index in [4.69, 9.17) is 5.11 Å². The highest BCUT2D eigenvalue weighted by molar-refractivity contribution is 6.08. The van der Waals surface area contributed by atoms with Gasteiger partial charge in [-0.3, -0.25) is 0 Å². The zero-order chi connectivity index (χ0) is 6.41. The predicted octanol–water partition coefficient (Wildman–Crippen LogP) is -0.572. The van der Waals surface area contributed by atoms with Gasteiger partial charge in [-0.25, -0.2) is 4.79 Å². The molecule has 0 aliphatic carbocycles. The van der Waals surface area contributed by atoms with Crippen LogP contribution in [0.15, 0.2) is 0 Å². The number of amides is 1. The largest absolute Gasteiger partial charge is 0.465 e. The van der Waals surface area contributed by atoms with Gasteiger partial charge in [0, 0.05) is 16.8 Å². The third-order valence-corrected chi connectivity index (χ3v) is 1.51. The highest BCUT2D eigenvalue weighted by Crippen LogP contribution is 1.78. The summed E-state index contributed by atoms with van der Waals surface area (Å²) in [6.07, 6.45) is 0.0681. The van der Waals surface area contributed by atoms with Crippen LogP contribution in [0.3, 0.4) is 0 Å². The van der Waals surface area contributed by atoms with Gasteiger partial charge in [-0.1, -0.05) is 6.04 Å². The highest BCUT2D eigenvalue weighted by Gasteiger charge is 1.88. The molecule has 0 spiro atoms. The minimum atomic E-state index is -0.917. The Hall–Kier alpha value is -0.513. The number of nitrogens with one attached hydrogen (secondary N) is 1. The molecule has 3 nitrogen and oxygen atoms in total. The van der Waals surface area contributed by atoms with E-state index in [1.54, 1.807) is 0 Å². The summed E-state index contributed by atoms with van der Waals surface area (Å²) in [7, 11) is 1.17. The Kier molecular flexibility index (Phi) is 4.34. The van der Waals surface area contributed by atoms with Crippen LogP contribution < -0.4 is 5.32 Å². The molecular formula is C4H11NO2Si. The normalized spacial score (nSPS) is 9.00. The summed E-state index contributed by atoms with van der Waals surface area (Å²) in [6.45, 7) is 0.610. The van der Waals surface area contributed by atoms with E-state index in [1.165, 1.54) is 16.3 Å². The third kappa shape index (κ3) is 5.49. The Labute approximate surface area is 51.5 Å². The fourth-order valence-corrected chi connectivity index (χ4v) is 0.726. The Morgan fingerprint density at radius 1 is 1.75 bits per heavy atom. The number of hydrogen-bond acceptors (Lipinski definition) is 1. The molecule has 0 unspecified atom stereocenters. The maximum Gasteiger partial charge on any atom is 0.404 e. The van der Waals surface area contributed by atoms with Crippen LogP contribution in [0.25, 0.3) is 0 Å². The van der Waals surface area contributed by atoms with Crippen LogP contribution in [0, 0.1) is 0 Å². The van der Waals surface area contributed by atoms with Crippen LogP contribution in [0.2, 0.25) is 6.04 Å². The molecule has 2 N–H and O–H groups in total. The zero-order valence-electron chi connectivity index (χ0n) is 4.98. The SMILES string of the molecule is O=C(O)NCCC[SiH3]. The number of rotatable bonds is 3. The fourth-order valence-electron chi connectivity index (χ4n) is 0.372. The summed E-state index contributed by atoms with van der Waals surface area (Å²) >= 11 is 0. The molecule has 4 heteroatoms. The van der Waals surface area contributed by atoms with E-state index in [0.717, 1.165) is 6.42 Å². The molecule has 0 fully saturated rings. The first-order chi connectivity index (χ1) is 3.77. The molecule has 0 rings (SSSR count). The predicted molar refractivity (Wildman–Crippen MR) is 35.4 cm³/mol. The maximum absolute atomic E-state index is 9.77. The lowest BCUT2D eigenvalue weighted by Crippen LogP contribution is -2.21. The summed E-state index contributed by atoms with van der Waals surface area (Å²) in [5.41, 5.74) is 0. The van der Waals surface area contributed by atoms with E-state index < -0.39 is 6.09 Å². The second-order valence-corrected chi connectivity index (χ2v) is 2.59. The van der Waals surface area contributed by atoms with Gasteiger partial charge in [0.05, 0.1) is 0 Å². The maximum atomic E-state index is 9.77. The number of carboxylic acid groups (broad SMARTS) is 1. The molecule has 0 radical (unpaired) electrons. The molecule has 0 bridgehead atoms. The first-order valence-electron chi connectivity index (χ1n) is 2.74. The number of carbonyl (C=O) groups is 1. The summed E-state index contributed by atoms with van der Waals surface area (Å²) in [4.78, 5) is 9.77. The summed E-state index contributed by atoms with van der Waals surface area (Å²) < 4.78 is 0. The minimum Gasteiger partial charge on any atom is -0.465 e. The van der Waals surface area contributed by atoms with Crippen LogP contribution in [0.4, 0.5) is 4.79 Å². The summed E-state index contributed by atoms with van der Waals surface area (Å²) in [5, 5.41) is 10.3. The van der Waals surface area contributed by atoms with Crippen molar-refractivity contribution in [3.8, 4) is 0 Å². The molecule has 0 saturated carbocycles. The van der Waals surface area contributed by atoms with E-state index in [-0.39, 0.29) is 0 Å². The smallest absolute Gasteiger partial charge is 0.404 e. The Bertz CT molecular complexity index is 76.4. The molecule has 1 amide bonds. The van der Waals surface area contributed by atoms with E-state index in [0.29, 0.717) is 6.54 Å². The van der Waals surface area contributed by atoms with E-state index in [2.05, 4.69) is 5.32 Å². The van der Waals surface area contributed by atoms with Crippen molar-refractivity contribution in [2.75, 3.05) is 6.54 Å². The van der Waals surface area contributed by atoms with Crippen molar-refractivity contribution in [1.82, 2.24) is 5.32 Å². The van der Waals surface area contributed by atoms with Crippen LogP contribution in [0.1, 0.15) is 6.42 Å². The van der Waals surface area contributed by atoms with Gasteiger partial charge in [-0.15, -0.1) is 0 Å². The molecule has 0 aromatic heterocycles. The first-order valence-corrected chi connectivity index (χ1v) is 4.15. The molecule has 0 atom stereocenters. The Morgan fingerprint density at radius 3 is 2.75 bits per heavy atom. The average Bonchev–Trinajstić information content (AvgIpc) is 1.66. The second kappa shape index (κ2) is 4.64. The topological polar surface area (TPSA) is 49.3 Å². The number of hydrogen-bond donors (Lipinski definition) is 2. The van der Waals surface area contributed by atoms with Crippen LogP contribution in [-0.4, -0.2) is 28.0 Å². The van der Waals surface area contributed by atoms with Crippen molar-refractivity contribution < 1.29 is 9.90 Å². The molecule has 0 aromatic rings. The van der Waals surface area contributed by atoms with Crippen LogP contribution >= 0.6 is 0 Å². The van der Waals surface area contributed by atoms with E-state index in [1.807, 2.05) is 0 Å². The van der Waals surface area contributed by atoms with Crippen molar-refractivity contribution >= 4 is 16.3 Å². The zero-order valence-corrected chi connectivity index (χ0v) is 6.98. The minimum absolute atomic E-state index is 0.610. The van der Waals surface area contributed by atoms with Crippen molar-refractivity contribution in [1.29, 1.82) is 0 Å². The fraction of sp³-hybridized carbons (Fsp3) is 0.750. The Balaban J connectivity index is 2.82. The van der Waals surface area contributed by atoms with Gasteiger partial charge in [0.1, 0.15) is 0 Å². The summed E-state index contributed by atoms with van der Waals surface area (Å²) in [5.74, 6) is 0. The molecule has 8 heavy (non-hydrogen) atoms. The Morgan fingerprint density at radius 2 is 2.38 bits per heavy atom. The highest BCUT2D eigenvalue weighted by atomic mass is 28.1. The molecule has 0 saturated heterocycles. The van der Waals surface area contributed by atoms with Gasteiger partial charge in [0.15, 0.2) is 0 Å². The second-order valence-electron chi connectivity index (χ2n) is 1.59. The van der Waals surface area contributed by atoms with Gasteiger partial charge < -0.3 is 10.4 Å². The third-order valence-electron chi connectivity index (χ3n) is 0.807. The average molecular weight is 133 g/mol. The van der Waals surface area contributed by atoms with Crippen molar-refractivity contribution in [3.63, 3.8) is 0 Å². The van der Waals surface area contributed by atoms with Gasteiger partial charge in [0.25, 0.3) is 0 Å². The van der Waals surface area contributed by atoms with E-state index in [9.17, 15) is 4.79 Å². The van der Waals surface area contributed by atoms with Crippen molar-refractivity contribution in [2.24, 2.45) is 0 Å². The van der Waals surface area contributed by atoms with Crippen molar-refractivity contribution in [2.45, 2.75) is 12.5 Å². The molecule has 48 valence electrons. The summed E-state index contributed by atoms with van der Waals surface area (Å²) in [6, 6.07) is 1.17. The van der Waals surface area contributed by atoms with Crippen molar-refractivity contribution in [3.05, 3.63) is 0 Å². The first kappa shape index (κ1) is 7.49. The van der Waals surface area contributed by atoms with Gasteiger partial charge in [-0.05, 0) is 6.42 Å². The lowest BCUT2D eigenvalue weighted by molar-refractivity contribution is 0.194. The van der Waals surface area contributed by atoms with Gasteiger partial charge >= 0.3 is 6.09 Å². The molecule has 0 aliphatic rings. The molecule has 0 aliphatic heterocycles. The molecule has 0 heterocycles.